The summed E-state index contributed by atoms with van der Waals surface area (Å²) in [5.41, 5.74) is 0.811. The van der Waals surface area contributed by atoms with Crippen molar-refractivity contribution in [3.8, 4) is 0 Å². The van der Waals surface area contributed by atoms with Crippen LogP contribution in [0.3, 0.4) is 0 Å². The van der Waals surface area contributed by atoms with E-state index in [2.05, 4.69) is 0 Å². The van der Waals surface area contributed by atoms with Gasteiger partial charge in [0, 0.05) is 24.7 Å². The standard InChI is InChI=1S/C14H20O2/c1-3-16-11-7-8-12(2)14(15)13-9-5-4-6-10-13/h4-6,9-10,12H,3,7-8,11H2,1-2H3. The normalized spacial score (nSPS) is 12.4. The first-order valence-electron chi connectivity index (χ1n) is 5.92. The highest BCUT2D eigenvalue weighted by molar-refractivity contribution is 5.97. The molecule has 0 aromatic heterocycles. The van der Waals surface area contributed by atoms with Crippen LogP contribution in [0.5, 0.6) is 0 Å². The van der Waals surface area contributed by atoms with Crippen molar-refractivity contribution < 1.29 is 9.53 Å². The van der Waals surface area contributed by atoms with E-state index in [-0.39, 0.29) is 11.7 Å². The Balaban J connectivity index is 2.37. The lowest BCUT2D eigenvalue weighted by atomic mass is 9.95. The van der Waals surface area contributed by atoms with Gasteiger partial charge in [0.2, 0.25) is 0 Å². The molecule has 88 valence electrons. The maximum absolute atomic E-state index is 12.0. The van der Waals surface area contributed by atoms with Crippen LogP contribution >= 0.6 is 0 Å². The summed E-state index contributed by atoms with van der Waals surface area (Å²) in [5.74, 6) is 0.319. The van der Waals surface area contributed by atoms with Gasteiger partial charge in [-0.3, -0.25) is 4.79 Å². The van der Waals surface area contributed by atoms with Gasteiger partial charge in [-0.15, -0.1) is 0 Å². The Kier molecular flexibility index (Phi) is 5.79. The molecule has 2 heteroatoms. The minimum atomic E-state index is 0.0860. The molecule has 0 heterocycles. The van der Waals surface area contributed by atoms with E-state index in [9.17, 15) is 4.79 Å². The highest BCUT2D eigenvalue weighted by atomic mass is 16.5. The molecule has 0 radical (unpaired) electrons. The maximum Gasteiger partial charge on any atom is 0.165 e. The Morgan fingerprint density at radius 1 is 1.31 bits per heavy atom. The predicted octanol–water partition coefficient (Wildman–Crippen LogP) is 3.32. The van der Waals surface area contributed by atoms with Crippen LogP contribution in [0.15, 0.2) is 30.3 Å². The summed E-state index contributed by atoms with van der Waals surface area (Å²) in [5, 5.41) is 0. The zero-order valence-corrected chi connectivity index (χ0v) is 10.1. The molecule has 0 amide bonds. The molecule has 0 aliphatic carbocycles. The van der Waals surface area contributed by atoms with Crippen molar-refractivity contribution in [1.29, 1.82) is 0 Å². The monoisotopic (exact) mass is 220 g/mol. The number of hydrogen-bond acceptors (Lipinski definition) is 2. The highest BCUT2D eigenvalue weighted by Crippen LogP contribution is 2.13. The van der Waals surface area contributed by atoms with Gasteiger partial charge in [-0.2, -0.15) is 0 Å². The van der Waals surface area contributed by atoms with Crippen molar-refractivity contribution in [1.82, 2.24) is 0 Å². The smallest absolute Gasteiger partial charge is 0.165 e. The fraction of sp³-hybridized carbons (Fsp3) is 0.500. The molecule has 1 rings (SSSR count). The molecule has 0 aliphatic heterocycles. The van der Waals surface area contributed by atoms with E-state index < -0.39 is 0 Å². The zero-order valence-electron chi connectivity index (χ0n) is 10.1. The highest BCUT2D eigenvalue weighted by Gasteiger charge is 2.13. The molecule has 1 aromatic carbocycles. The predicted molar refractivity (Wildman–Crippen MR) is 65.7 cm³/mol. The van der Waals surface area contributed by atoms with Crippen molar-refractivity contribution in [2.45, 2.75) is 26.7 Å². The molecule has 1 unspecified atom stereocenters. The fourth-order valence-corrected chi connectivity index (χ4v) is 1.65. The molecule has 0 bridgehead atoms. The molecule has 0 aliphatic rings. The second kappa shape index (κ2) is 7.18. The van der Waals surface area contributed by atoms with Gasteiger partial charge in [0.05, 0.1) is 0 Å². The molecule has 2 nitrogen and oxygen atoms in total. The number of rotatable bonds is 7. The van der Waals surface area contributed by atoms with Crippen molar-refractivity contribution in [3.05, 3.63) is 35.9 Å². The second-order valence-corrected chi connectivity index (χ2v) is 3.97. The lowest BCUT2D eigenvalue weighted by Crippen LogP contribution is -2.12. The van der Waals surface area contributed by atoms with Crippen molar-refractivity contribution >= 4 is 5.78 Å². The molecular formula is C14H20O2. The summed E-state index contributed by atoms with van der Waals surface area (Å²) in [6.07, 6.45) is 1.85. The van der Waals surface area contributed by atoms with Crippen LogP contribution in [-0.4, -0.2) is 19.0 Å². The van der Waals surface area contributed by atoms with Gasteiger partial charge in [-0.25, -0.2) is 0 Å². The van der Waals surface area contributed by atoms with E-state index in [1.165, 1.54) is 0 Å². The third-order valence-electron chi connectivity index (χ3n) is 2.64. The summed E-state index contributed by atoms with van der Waals surface area (Å²) in [7, 11) is 0. The Bertz CT molecular complexity index is 306. The Morgan fingerprint density at radius 3 is 2.62 bits per heavy atom. The van der Waals surface area contributed by atoms with Crippen LogP contribution in [0.2, 0.25) is 0 Å². The van der Waals surface area contributed by atoms with Crippen LogP contribution in [-0.2, 0) is 4.74 Å². The van der Waals surface area contributed by atoms with Gasteiger partial charge < -0.3 is 4.74 Å². The van der Waals surface area contributed by atoms with Crippen molar-refractivity contribution in [3.63, 3.8) is 0 Å². The van der Waals surface area contributed by atoms with E-state index in [4.69, 9.17) is 4.74 Å². The summed E-state index contributed by atoms with van der Waals surface area (Å²) in [6, 6.07) is 9.49. The number of carbonyl (C=O) groups excluding carboxylic acids is 1. The lowest BCUT2D eigenvalue weighted by Gasteiger charge is -2.10. The van der Waals surface area contributed by atoms with E-state index in [1.807, 2.05) is 44.2 Å². The first-order chi connectivity index (χ1) is 7.75. The fourth-order valence-electron chi connectivity index (χ4n) is 1.65. The van der Waals surface area contributed by atoms with Gasteiger partial charge in [-0.1, -0.05) is 37.3 Å². The minimum absolute atomic E-state index is 0.0860. The third kappa shape index (κ3) is 4.15. The quantitative estimate of drug-likeness (QED) is 0.520. The third-order valence-corrected chi connectivity index (χ3v) is 2.64. The Morgan fingerprint density at radius 2 is 2.00 bits per heavy atom. The number of benzene rings is 1. The lowest BCUT2D eigenvalue weighted by molar-refractivity contribution is 0.0907. The van der Waals surface area contributed by atoms with E-state index >= 15 is 0 Å². The molecule has 0 spiro atoms. The average Bonchev–Trinajstić information content (AvgIpc) is 2.34. The van der Waals surface area contributed by atoms with Gasteiger partial charge in [0.25, 0.3) is 0 Å². The van der Waals surface area contributed by atoms with Gasteiger partial charge >= 0.3 is 0 Å². The summed E-state index contributed by atoms with van der Waals surface area (Å²) in [6.45, 7) is 5.48. The van der Waals surface area contributed by atoms with Crippen molar-refractivity contribution in [2.24, 2.45) is 5.92 Å². The first-order valence-corrected chi connectivity index (χ1v) is 5.92. The Hall–Kier alpha value is -1.15. The van der Waals surface area contributed by atoms with Crippen LogP contribution in [0, 0.1) is 5.92 Å². The number of Topliss-reactive ketones (excluding diaryl/α,β-unsaturated/α-hetero) is 1. The van der Waals surface area contributed by atoms with Crippen LogP contribution < -0.4 is 0 Å². The Labute approximate surface area is 97.6 Å². The largest absolute Gasteiger partial charge is 0.382 e. The van der Waals surface area contributed by atoms with Crippen LogP contribution in [0.25, 0.3) is 0 Å². The molecule has 1 atom stereocenters. The minimum Gasteiger partial charge on any atom is -0.382 e. The number of hydrogen-bond donors (Lipinski definition) is 0. The maximum atomic E-state index is 12.0. The molecule has 0 fully saturated rings. The molecule has 1 aromatic rings. The zero-order chi connectivity index (χ0) is 11.8. The van der Waals surface area contributed by atoms with E-state index in [0.717, 1.165) is 31.6 Å². The molecule has 16 heavy (non-hydrogen) atoms. The number of ketones is 1. The van der Waals surface area contributed by atoms with E-state index in [0.29, 0.717) is 0 Å². The summed E-state index contributed by atoms with van der Waals surface area (Å²) in [4.78, 5) is 12.0. The van der Waals surface area contributed by atoms with Gasteiger partial charge in [-0.05, 0) is 19.8 Å². The molecule has 0 N–H and O–H groups in total. The molecule has 0 saturated heterocycles. The molecular weight excluding hydrogens is 200 g/mol. The first kappa shape index (κ1) is 12.9. The van der Waals surface area contributed by atoms with Gasteiger partial charge in [0.1, 0.15) is 0 Å². The topological polar surface area (TPSA) is 26.3 Å². The van der Waals surface area contributed by atoms with Crippen LogP contribution in [0.1, 0.15) is 37.0 Å². The van der Waals surface area contributed by atoms with Crippen LogP contribution in [0.4, 0.5) is 0 Å². The SMILES string of the molecule is CCOCCCC(C)C(=O)c1ccccc1. The summed E-state index contributed by atoms with van der Waals surface area (Å²) >= 11 is 0. The summed E-state index contributed by atoms with van der Waals surface area (Å²) < 4.78 is 5.26. The number of carbonyl (C=O) groups is 1. The number of ether oxygens (including phenoxy) is 1. The average molecular weight is 220 g/mol. The van der Waals surface area contributed by atoms with Crippen molar-refractivity contribution in [2.75, 3.05) is 13.2 Å². The molecule has 0 saturated carbocycles. The second-order valence-electron chi connectivity index (χ2n) is 3.97. The van der Waals surface area contributed by atoms with Gasteiger partial charge in [0.15, 0.2) is 5.78 Å². The van der Waals surface area contributed by atoms with E-state index in [1.54, 1.807) is 0 Å².